The van der Waals surface area contributed by atoms with Crippen molar-refractivity contribution in [1.82, 2.24) is 4.98 Å². The Morgan fingerprint density at radius 1 is 1.00 bits per heavy atom. The van der Waals surface area contributed by atoms with Gasteiger partial charge in [-0.25, -0.2) is 0 Å². The second kappa shape index (κ2) is 8.65. The van der Waals surface area contributed by atoms with E-state index in [2.05, 4.69) is 63.1 Å². The van der Waals surface area contributed by atoms with Crippen LogP contribution >= 0.6 is 0 Å². The maximum atomic E-state index is 6.66. The highest BCUT2D eigenvalue weighted by molar-refractivity contribution is 6.74. The maximum Gasteiger partial charge on any atom is 0.192 e. The number of fused-ring (bicyclic) bond motifs is 1. The molecular formula is C24H32N2O2Si. The summed E-state index contributed by atoms with van der Waals surface area (Å²) >= 11 is 0. The van der Waals surface area contributed by atoms with E-state index in [0.29, 0.717) is 13.2 Å². The third-order valence-corrected chi connectivity index (χ3v) is 10.3. The van der Waals surface area contributed by atoms with Crippen LogP contribution in [0.1, 0.15) is 38.0 Å². The highest BCUT2D eigenvalue weighted by atomic mass is 28.4. The molecule has 0 fully saturated rings. The molecule has 4 nitrogen and oxygen atoms in total. The molecule has 29 heavy (non-hydrogen) atoms. The van der Waals surface area contributed by atoms with Crippen LogP contribution in [0.15, 0.2) is 60.8 Å². The molecule has 1 heterocycles. The monoisotopic (exact) mass is 408 g/mol. The number of nitrogens with two attached hydrogens (primary N) is 1. The van der Waals surface area contributed by atoms with Crippen molar-refractivity contribution in [3.8, 4) is 5.75 Å². The first-order valence-corrected chi connectivity index (χ1v) is 13.1. The zero-order valence-corrected chi connectivity index (χ0v) is 19.1. The van der Waals surface area contributed by atoms with Crippen molar-refractivity contribution in [2.45, 2.75) is 51.6 Å². The SMILES string of the molecule is CC(C)(C)[Si](C)(C)OC(CN)c1ccc(OCc2ccccc2)c2ncccc12. The van der Waals surface area contributed by atoms with Crippen LogP contribution in [0.25, 0.3) is 10.9 Å². The lowest BCUT2D eigenvalue weighted by Gasteiger charge is -2.39. The topological polar surface area (TPSA) is 57.4 Å². The lowest BCUT2D eigenvalue weighted by molar-refractivity contribution is 0.193. The van der Waals surface area contributed by atoms with Crippen molar-refractivity contribution in [2.24, 2.45) is 5.73 Å². The molecule has 3 aromatic rings. The summed E-state index contributed by atoms with van der Waals surface area (Å²) in [5.41, 5.74) is 9.21. The lowest BCUT2D eigenvalue weighted by Crippen LogP contribution is -2.43. The van der Waals surface area contributed by atoms with E-state index in [9.17, 15) is 0 Å². The summed E-state index contributed by atoms with van der Waals surface area (Å²) in [6, 6.07) is 18.2. The van der Waals surface area contributed by atoms with Gasteiger partial charge in [0, 0.05) is 18.1 Å². The number of hydrogen-bond acceptors (Lipinski definition) is 4. The molecule has 154 valence electrons. The highest BCUT2D eigenvalue weighted by Crippen LogP contribution is 2.41. The highest BCUT2D eigenvalue weighted by Gasteiger charge is 2.39. The Morgan fingerprint density at radius 2 is 1.72 bits per heavy atom. The molecule has 0 spiro atoms. The Kier molecular flexibility index (Phi) is 6.41. The molecule has 3 rings (SSSR count). The third-order valence-electron chi connectivity index (χ3n) is 5.81. The number of aromatic nitrogens is 1. The second-order valence-electron chi connectivity index (χ2n) is 8.93. The molecule has 0 aliphatic carbocycles. The summed E-state index contributed by atoms with van der Waals surface area (Å²) in [4.78, 5) is 4.61. The Bertz CT molecular complexity index is 952. The largest absolute Gasteiger partial charge is 0.487 e. The van der Waals surface area contributed by atoms with Crippen LogP contribution in [0.4, 0.5) is 0 Å². The molecule has 0 aliphatic heterocycles. The van der Waals surface area contributed by atoms with E-state index in [4.69, 9.17) is 14.9 Å². The van der Waals surface area contributed by atoms with Gasteiger partial charge >= 0.3 is 0 Å². The molecule has 1 atom stereocenters. The van der Waals surface area contributed by atoms with E-state index >= 15 is 0 Å². The predicted octanol–water partition coefficient (Wildman–Crippen LogP) is 5.84. The van der Waals surface area contributed by atoms with Gasteiger partial charge in [-0.05, 0) is 41.4 Å². The van der Waals surface area contributed by atoms with E-state index in [-0.39, 0.29) is 11.1 Å². The van der Waals surface area contributed by atoms with Crippen molar-refractivity contribution < 1.29 is 9.16 Å². The molecular weight excluding hydrogens is 376 g/mol. The Labute approximate surface area is 175 Å². The summed E-state index contributed by atoms with van der Waals surface area (Å²) in [7, 11) is -1.96. The van der Waals surface area contributed by atoms with Crippen molar-refractivity contribution >= 4 is 19.2 Å². The first-order valence-electron chi connectivity index (χ1n) is 10.1. The minimum absolute atomic E-state index is 0.118. The van der Waals surface area contributed by atoms with Crippen molar-refractivity contribution in [3.63, 3.8) is 0 Å². The van der Waals surface area contributed by atoms with Crippen LogP contribution in [0.5, 0.6) is 5.75 Å². The second-order valence-corrected chi connectivity index (χ2v) is 13.7. The number of pyridine rings is 1. The summed E-state index contributed by atoms with van der Waals surface area (Å²) in [6.07, 6.45) is 1.64. The zero-order valence-electron chi connectivity index (χ0n) is 18.1. The molecule has 0 amide bonds. The quantitative estimate of drug-likeness (QED) is 0.499. The zero-order chi connectivity index (χ0) is 21.1. The molecule has 0 bridgehead atoms. The van der Waals surface area contributed by atoms with E-state index in [1.807, 2.05) is 30.3 Å². The summed E-state index contributed by atoms with van der Waals surface area (Å²) in [6.45, 7) is 12.2. The molecule has 5 heteroatoms. The standard InChI is InChI=1S/C24H32N2O2Si/c1-24(2,3)29(4,5)28-22(16-25)19-13-14-21(23-20(19)12-9-15-26-23)27-17-18-10-7-6-8-11-18/h6-15,22H,16-17,25H2,1-5H3. The Morgan fingerprint density at radius 3 is 2.38 bits per heavy atom. The minimum atomic E-state index is -1.96. The van der Waals surface area contributed by atoms with Crippen LogP contribution in [0.2, 0.25) is 18.1 Å². The van der Waals surface area contributed by atoms with Crippen LogP contribution < -0.4 is 10.5 Å². The number of nitrogens with zero attached hydrogens (tertiary/aromatic N) is 1. The van der Waals surface area contributed by atoms with Gasteiger partial charge in [-0.1, -0.05) is 63.2 Å². The summed E-state index contributed by atoms with van der Waals surface area (Å²) in [5.74, 6) is 0.774. The number of hydrogen-bond donors (Lipinski definition) is 1. The fraction of sp³-hybridized carbons (Fsp3) is 0.375. The average molecular weight is 409 g/mol. The lowest BCUT2D eigenvalue weighted by atomic mass is 10.0. The molecule has 1 aromatic heterocycles. The average Bonchev–Trinajstić information content (AvgIpc) is 2.70. The Hall–Kier alpha value is -2.21. The molecule has 0 saturated heterocycles. The predicted molar refractivity (Wildman–Crippen MR) is 123 cm³/mol. The van der Waals surface area contributed by atoms with Gasteiger partial charge in [-0.3, -0.25) is 4.98 Å². The fourth-order valence-corrected chi connectivity index (χ4v) is 4.36. The van der Waals surface area contributed by atoms with Crippen LogP contribution in [0, 0.1) is 0 Å². The molecule has 2 aromatic carbocycles. The van der Waals surface area contributed by atoms with Crippen LogP contribution in [0.3, 0.4) is 0 Å². The normalized spacial score (nSPS) is 13.4. The van der Waals surface area contributed by atoms with E-state index in [1.165, 1.54) is 0 Å². The van der Waals surface area contributed by atoms with Crippen LogP contribution in [-0.2, 0) is 11.0 Å². The minimum Gasteiger partial charge on any atom is -0.487 e. The van der Waals surface area contributed by atoms with Crippen LogP contribution in [-0.4, -0.2) is 19.8 Å². The third kappa shape index (κ3) is 4.86. The van der Waals surface area contributed by atoms with Crippen molar-refractivity contribution in [2.75, 3.05) is 6.54 Å². The van der Waals surface area contributed by atoms with Crippen molar-refractivity contribution in [1.29, 1.82) is 0 Å². The van der Waals surface area contributed by atoms with Gasteiger partial charge < -0.3 is 14.9 Å². The first-order chi connectivity index (χ1) is 13.7. The van der Waals surface area contributed by atoms with E-state index in [0.717, 1.165) is 27.8 Å². The first kappa shape index (κ1) is 21.5. The van der Waals surface area contributed by atoms with Crippen molar-refractivity contribution in [3.05, 3.63) is 71.9 Å². The Balaban J connectivity index is 1.93. The molecule has 0 aliphatic rings. The fourth-order valence-electron chi connectivity index (χ4n) is 3.07. The van der Waals surface area contributed by atoms with Gasteiger partial charge in [0.15, 0.2) is 8.32 Å². The van der Waals surface area contributed by atoms with E-state index < -0.39 is 8.32 Å². The van der Waals surface area contributed by atoms with Gasteiger partial charge in [0.2, 0.25) is 0 Å². The smallest absolute Gasteiger partial charge is 0.192 e. The molecule has 2 N–H and O–H groups in total. The maximum absolute atomic E-state index is 6.66. The number of rotatable bonds is 7. The molecule has 0 saturated carbocycles. The van der Waals surface area contributed by atoms with Gasteiger partial charge in [-0.2, -0.15) is 0 Å². The van der Waals surface area contributed by atoms with E-state index in [1.54, 1.807) is 6.20 Å². The summed E-state index contributed by atoms with van der Waals surface area (Å²) in [5, 5.41) is 1.15. The molecule has 0 radical (unpaired) electrons. The van der Waals surface area contributed by atoms with Gasteiger partial charge in [0.1, 0.15) is 17.9 Å². The molecule has 1 unspecified atom stereocenters. The number of ether oxygens (including phenoxy) is 1. The van der Waals surface area contributed by atoms with Gasteiger partial charge in [-0.15, -0.1) is 0 Å². The van der Waals surface area contributed by atoms with Gasteiger partial charge in [0.25, 0.3) is 0 Å². The van der Waals surface area contributed by atoms with Gasteiger partial charge in [0.05, 0.1) is 6.10 Å². The summed E-state index contributed by atoms with van der Waals surface area (Å²) < 4.78 is 12.8. The number of benzene rings is 2.